The van der Waals surface area contributed by atoms with Gasteiger partial charge in [0.05, 0.1) is 0 Å². The highest BCUT2D eigenvalue weighted by Crippen LogP contribution is 2.21. The summed E-state index contributed by atoms with van der Waals surface area (Å²) in [4.78, 5) is 10.6. The first-order valence-electron chi connectivity index (χ1n) is 3.20. The number of carboxylic acids is 1. The second-order valence-corrected chi connectivity index (χ2v) is 2.92. The van der Waals surface area contributed by atoms with Gasteiger partial charge in [0.2, 0.25) is 0 Å². The van der Waals surface area contributed by atoms with Crippen LogP contribution in [0.3, 0.4) is 0 Å². The molecule has 1 heterocycles. The highest BCUT2D eigenvalue weighted by Gasteiger charge is 2.37. The Hall–Kier alpha value is -0.830. The molecule has 1 saturated heterocycles. The minimum absolute atomic E-state index is 0.544. The SMILES string of the molecule is C=C1CNC(C)(C(=O)O)C1. The number of nitrogens with one attached hydrogen (secondary N) is 1. The highest BCUT2D eigenvalue weighted by molar-refractivity contribution is 5.79. The Bertz CT molecular complexity index is 188. The second-order valence-electron chi connectivity index (χ2n) is 2.92. The third-order valence-electron chi connectivity index (χ3n) is 1.80. The van der Waals surface area contributed by atoms with Crippen molar-refractivity contribution in [1.82, 2.24) is 5.32 Å². The van der Waals surface area contributed by atoms with Crippen LogP contribution in [0.5, 0.6) is 0 Å². The predicted molar refractivity (Wildman–Crippen MR) is 37.8 cm³/mol. The normalized spacial score (nSPS) is 32.7. The van der Waals surface area contributed by atoms with Gasteiger partial charge in [-0.15, -0.1) is 0 Å². The van der Waals surface area contributed by atoms with E-state index in [0.717, 1.165) is 5.57 Å². The molecule has 0 aliphatic carbocycles. The van der Waals surface area contributed by atoms with Crippen molar-refractivity contribution < 1.29 is 9.90 Å². The minimum Gasteiger partial charge on any atom is -0.480 e. The summed E-state index contributed by atoms with van der Waals surface area (Å²) in [5.41, 5.74) is 0.196. The van der Waals surface area contributed by atoms with E-state index in [1.54, 1.807) is 6.92 Å². The van der Waals surface area contributed by atoms with Gasteiger partial charge in [-0.05, 0) is 13.3 Å². The maximum absolute atomic E-state index is 10.6. The van der Waals surface area contributed by atoms with Gasteiger partial charge in [-0.1, -0.05) is 12.2 Å². The Morgan fingerprint density at radius 2 is 2.50 bits per heavy atom. The molecule has 0 aromatic rings. The van der Waals surface area contributed by atoms with Crippen LogP contribution in [0.25, 0.3) is 0 Å². The summed E-state index contributed by atoms with van der Waals surface area (Å²) in [6.07, 6.45) is 0.544. The van der Waals surface area contributed by atoms with Crippen molar-refractivity contribution >= 4 is 5.97 Å². The molecule has 1 rings (SSSR count). The van der Waals surface area contributed by atoms with E-state index in [0.29, 0.717) is 13.0 Å². The third-order valence-corrected chi connectivity index (χ3v) is 1.80. The Balaban J connectivity index is 2.72. The number of aliphatic carboxylic acids is 1. The van der Waals surface area contributed by atoms with Gasteiger partial charge >= 0.3 is 5.97 Å². The molecule has 2 N–H and O–H groups in total. The summed E-state index contributed by atoms with van der Waals surface area (Å²) in [5, 5.41) is 11.6. The fourth-order valence-corrected chi connectivity index (χ4v) is 1.10. The van der Waals surface area contributed by atoms with Gasteiger partial charge in [-0.2, -0.15) is 0 Å². The zero-order chi connectivity index (χ0) is 7.78. The first-order chi connectivity index (χ1) is 4.54. The minimum atomic E-state index is -0.800. The summed E-state index contributed by atoms with van der Waals surface area (Å²) in [5.74, 6) is -0.800. The quantitative estimate of drug-likeness (QED) is 0.519. The second kappa shape index (κ2) is 2.09. The molecule has 1 aliphatic heterocycles. The molecule has 0 aromatic carbocycles. The fourth-order valence-electron chi connectivity index (χ4n) is 1.10. The van der Waals surface area contributed by atoms with E-state index in [1.807, 2.05) is 0 Å². The lowest BCUT2D eigenvalue weighted by atomic mass is 9.99. The molecule has 0 amide bonds. The largest absolute Gasteiger partial charge is 0.480 e. The predicted octanol–water partition coefficient (Wildman–Crippen LogP) is 0.379. The van der Waals surface area contributed by atoms with Crippen molar-refractivity contribution in [3.8, 4) is 0 Å². The van der Waals surface area contributed by atoms with E-state index in [-0.39, 0.29) is 0 Å². The van der Waals surface area contributed by atoms with Crippen LogP contribution in [0.4, 0.5) is 0 Å². The lowest BCUT2D eigenvalue weighted by molar-refractivity contribution is -0.143. The van der Waals surface area contributed by atoms with Crippen LogP contribution < -0.4 is 5.32 Å². The van der Waals surface area contributed by atoms with Crippen LogP contribution in [-0.4, -0.2) is 23.2 Å². The van der Waals surface area contributed by atoms with E-state index in [2.05, 4.69) is 11.9 Å². The molecule has 1 aliphatic rings. The lowest BCUT2D eigenvalue weighted by Crippen LogP contribution is -2.44. The van der Waals surface area contributed by atoms with Crippen LogP contribution in [0.2, 0.25) is 0 Å². The molecule has 0 saturated carbocycles. The van der Waals surface area contributed by atoms with Crippen LogP contribution in [0.1, 0.15) is 13.3 Å². The van der Waals surface area contributed by atoms with Gasteiger partial charge in [0.15, 0.2) is 0 Å². The van der Waals surface area contributed by atoms with Gasteiger partial charge in [-0.3, -0.25) is 10.1 Å². The molecule has 0 spiro atoms. The molecule has 56 valence electrons. The van der Waals surface area contributed by atoms with E-state index < -0.39 is 11.5 Å². The van der Waals surface area contributed by atoms with Crippen molar-refractivity contribution in [2.45, 2.75) is 18.9 Å². The van der Waals surface area contributed by atoms with Crippen molar-refractivity contribution in [2.75, 3.05) is 6.54 Å². The van der Waals surface area contributed by atoms with E-state index in [1.165, 1.54) is 0 Å². The van der Waals surface area contributed by atoms with Gasteiger partial charge in [0.25, 0.3) is 0 Å². The number of carboxylic acid groups (broad SMARTS) is 1. The average Bonchev–Trinajstić information content (AvgIpc) is 2.13. The molecular formula is C7H11NO2. The highest BCUT2D eigenvalue weighted by atomic mass is 16.4. The Kier molecular flexibility index (Phi) is 1.52. The average molecular weight is 141 g/mol. The van der Waals surface area contributed by atoms with Crippen LogP contribution >= 0.6 is 0 Å². The van der Waals surface area contributed by atoms with Crippen molar-refractivity contribution in [3.63, 3.8) is 0 Å². The van der Waals surface area contributed by atoms with Crippen LogP contribution in [0.15, 0.2) is 12.2 Å². The number of hydrogen-bond acceptors (Lipinski definition) is 2. The fraction of sp³-hybridized carbons (Fsp3) is 0.571. The van der Waals surface area contributed by atoms with Crippen molar-refractivity contribution in [2.24, 2.45) is 0 Å². The number of hydrogen-bond donors (Lipinski definition) is 2. The van der Waals surface area contributed by atoms with Gasteiger partial charge in [0.1, 0.15) is 5.54 Å². The maximum atomic E-state index is 10.6. The van der Waals surface area contributed by atoms with E-state index in [4.69, 9.17) is 5.11 Å². The smallest absolute Gasteiger partial charge is 0.323 e. The summed E-state index contributed by atoms with van der Waals surface area (Å²) in [6, 6.07) is 0. The first kappa shape index (κ1) is 7.28. The Morgan fingerprint density at radius 1 is 1.90 bits per heavy atom. The molecule has 3 nitrogen and oxygen atoms in total. The maximum Gasteiger partial charge on any atom is 0.323 e. The Morgan fingerprint density at radius 3 is 2.70 bits per heavy atom. The molecule has 1 fully saturated rings. The monoisotopic (exact) mass is 141 g/mol. The standard InChI is InChI=1S/C7H11NO2/c1-5-3-7(2,6(9)10)8-4-5/h8H,1,3-4H2,2H3,(H,9,10). The molecule has 1 atom stereocenters. The van der Waals surface area contributed by atoms with Crippen molar-refractivity contribution in [1.29, 1.82) is 0 Å². The van der Waals surface area contributed by atoms with E-state index in [9.17, 15) is 4.79 Å². The van der Waals surface area contributed by atoms with Crippen LogP contribution in [-0.2, 0) is 4.79 Å². The third kappa shape index (κ3) is 1.04. The first-order valence-corrected chi connectivity index (χ1v) is 3.20. The van der Waals surface area contributed by atoms with Gasteiger partial charge in [-0.25, -0.2) is 0 Å². The Labute approximate surface area is 59.7 Å². The molecule has 0 aromatic heterocycles. The summed E-state index contributed by atoms with van der Waals surface area (Å²) < 4.78 is 0. The summed E-state index contributed by atoms with van der Waals surface area (Å²) in [7, 11) is 0. The molecule has 1 unspecified atom stereocenters. The van der Waals surface area contributed by atoms with Crippen molar-refractivity contribution in [3.05, 3.63) is 12.2 Å². The zero-order valence-corrected chi connectivity index (χ0v) is 5.98. The molecular weight excluding hydrogens is 130 g/mol. The summed E-state index contributed by atoms with van der Waals surface area (Å²) in [6.45, 7) is 6.01. The molecule has 3 heteroatoms. The topological polar surface area (TPSA) is 49.3 Å². The number of carbonyl (C=O) groups is 1. The van der Waals surface area contributed by atoms with E-state index >= 15 is 0 Å². The lowest BCUT2D eigenvalue weighted by Gasteiger charge is -2.16. The van der Waals surface area contributed by atoms with Gasteiger partial charge in [0, 0.05) is 6.54 Å². The molecule has 0 bridgehead atoms. The molecule has 0 radical (unpaired) electrons. The number of rotatable bonds is 1. The van der Waals surface area contributed by atoms with Gasteiger partial charge < -0.3 is 5.11 Å². The zero-order valence-electron chi connectivity index (χ0n) is 5.98. The molecule has 10 heavy (non-hydrogen) atoms. The summed E-state index contributed by atoms with van der Waals surface area (Å²) >= 11 is 0. The van der Waals surface area contributed by atoms with Crippen LogP contribution in [0, 0.1) is 0 Å².